The van der Waals surface area contributed by atoms with Crippen molar-refractivity contribution in [3.8, 4) is 0 Å². The summed E-state index contributed by atoms with van der Waals surface area (Å²) in [5, 5.41) is 24.9. The van der Waals surface area contributed by atoms with Crippen molar-refractivity contribution in [3.63, 3.8) is 0 Å². The van der Waals surface area contributed by atoms with Gasteiger partial charge in [0.25, 0.3) is 0 Å². The molecule has 45 heavy (non-hydrogen) atoms. The lowest BCUT2D eigenvalue weighted by molar-refractivity contribution is 0.0175. The van der Waals surface area contributed by atoms with Gasteiger partial charge in [0.2, 0.25) is 5.43 Å². The number of nitrogens with one attached hydrogen (secondary N) is 4. The van der Waals surface area contributed by atoms with Gasteiger partial charge in [-0.25, -0.2) is 13.6 Å². The number of carboxylic acid groups (broad SMARTS) is 1. The van der Waals surface area contributed by atoms with E-state index >= 15 is 8.78 Å². The zero-order valence-corrected chi connectivity index (χ0v) is 27.0. The Kier molecular flexibility index (Phi) is 9.67. The third-order valence-electron chi connectivity index (χ3n) is 11.9. The second-order valence-electron chi connectivity index (χ2n) is 14.3. The van der Waals surface area contributed by atoms with Gasteiger partial charge < -0.3 is 30.9 Å². The first-order valence-electron chi connectivity index (χ1n) is 17.4. The second kappa shape index (κ2) is 13.4. The smallest absolute Gasteiger partial charge is 0.341 e. The molecule has 10 heteroatoms. The first-order valence-corrected chi connectivity index (χ1v) is 17.4. The van der Waals surface area contributed by atoms with Crippen LogP contribution in [0.4, 0.5) is 8.78 Å². The number of piperidine rings is 2. The molecule has 0 bridgehead atoms. The number of aromatic carboxylic acids is 1. The molecule has 4 aliphatic heterocycles. The van der Waals surface area contributed by atoms with Gasteiger partial charge in [-0.15, -0.1) is 0 Å². The first-order chi connectivity index (χ1) is 21.7. The Bertz CT molecular complexity index is 1430. The van der Waals surface area contributed by atoms with Crippen molar-refractivity contribution in [1.82, 2.24) is 25.8 Å². The molecule has 0 radical (unpaired) electrons. The minimum atomic E-state index is -1.41. The number of fused-ring (bicyclic) bond motifs is 3. The van der Waals surface area contributed by atoms with Crippen molar-refractivity contribution in [2.75, 3.05) is 39.3 Å². The molecule has 0 spiro atoms. The molecular weight excluding hydrogens is 576 g/mol. The molecule has 0 saturated carbocycles. The number of hydrogen-bond acceptors (Lipinski definition) is 6. The lowest BCUT2D eigenvalue weighted by atomic mass is 9.58. The number of aryl methyl sites for hydroxylation is 1. The molecule has 1 aromatic carbocycles. The van der Waals surface area contributed by atoms with E-state index < -0.39 is 28.6 Å². The van der Waals surface area contributed by atoms with Gasteiger partial charge in [0.05, 0.1) is 10.9 Å². The molecule has 5 N–H and O–H groups in total. The van der Waals surface area contributed by atoms with E-state index in [1.54, 1.807) is 6.92 Å². The van der Waals surface area contributed by atoms with Gasteiger partial charge in [0, 0.05) is 42.5 Å². The Labute approximate surface area is 265 Å². The van der Waals surface area contributed by atoms with Crippen LogP contribution in [0.3, 0.4) is 0 Å². The van der Waals surface area contributed by atoms with Crippen LogP contribution in [0.15, 0.2) is 17.1 Å². The summed E-state index contributed by atoms with van der Waals surface area (Å²) in [4.78, 5) is 24.3. The summed E-state index contributed by atoms with van der Waals surface area (Å²) in [5.74, 6) is -1.43. The third kappa shape index (κ3) is 5.74. The van der Waals surface area contributed by atoms with Crippen LogP contribution in [0.5, 0.6) is 0 Å². The van der Waals surface area contributed by atoms with Gasteiger partial charge in [0.1, 0.15) is 11.4 Å². The Hall–Kier alpha value is -2.40. The molecule has 2 aromatic rings. The number of unbranched alkanes of at least 4 members (excludes halogenated alkanes) is 3. The van der Waals surface area contributed by atoms with E-state index in [2.05, 4.69) is 21.3 Å². The van der Waals surface area contributed by atoms with E-state index in [1.165, 1.54) is 36.7 Å². The molecule has 4 aliphatic rings. The number of hydrogen-bond donors (Lipinski definition) is 5. The normalized spacial score (nSPS) is 29.4. The zero-order valence-electron chi connectivity index (χ0n) is 27.0. The van der Waals surface area contributed by atoms with Crippen LogP contribution in [0.25, 0.3) is 10.9 Å². The maximum atomic E-state index is 15.9. The molecule has 248 valence electrons. The first kappa shape index (κ1) is 32.5. The van der Waals surface area contributed by atoms with Crippen molar-refractivity contribution < 1.29 is 18.7 Å². The predicted molar refractivity (Wildman–Crippen MR) is 173 cm³/mol. The summed E-state index contributed by atoms with van der Waals surface area (Å²) >= 11 is 0. The van der Waals surface area contributed by atoms with Crippen LogP contribution >= 0.6 is 0 Å². The fraction of sp³-hybridized carbons (Fsp3) is 0.714. The predicted octanol–water partition coefficient (Wildman–Crippen LogP) is 4.74. The van der Waals surface area contributed by atoms with Crippen molar-refractivity contribution in [1.29, 1.82) is 0 Å². The van der Waals surface area contributed by atoms with Crippen LogP contribution in [0.2, 0.25) is 0 Å². The average molecular weight is 628 g/mol. The van der Waals surface area contributed by atoms with E-state index in [9.17, 15) is 14.7 Å². The Balaban J connectivity index is 1.12. The maximum Gasteiger partial charge on any atom is 0.341 e. The van der Waals surface area contributed by atoms with Gasteiger partial charge >= 0.3 is 5.97 Å². The van der Waals surface area contributed by atoms with Crippen LogP contribution in [-0.2, 0) is 6.54 Å². The zero-order chi connectivity index (χ0) is 31.8. The number of rotatable bonds is 12. The lowest BCUT2D eigenvalue weighted by Gasteiger charge is -2.56. The number of pyridine rings is 1. The molecule has 5 unspecified atom stereocenters. The molecular formula is C35H51F2N5O3. The van der Waals surface area contributed by atoms with E-state index in [-0.39, 0.29) is 40.0 Å². The SMILES string of the molecule is CCn1cc(C(=O)O)c(=O)c2cc(F)c(C(C)CCCCCCC(C34CNCC3CCCN4)C34CNCC3CCCN4)c(F)c21. The van der Waals surface area contributed by atoms with Gasteiger partial charge in [-0.3, -0.25) is 4.79 Å². The second-order valence-corrected chi connectivity index (χ2v) is 14.3. The summed E-state index contributed by atoms with van der Waals surface area (Å²) in [6.07, 6.45) is 12.1. The Morgan fingerprint density at radius 2 is 1.60 bits per heavy atom. The van der Waals surface area contributed by atoms with Gasteiger partial charge in [-0.05, 0) is 101 Å². The minimum absolute atomic E-state index is 0.0169. The molecule has 0 amide bonds. The van der Waals surface area contributed by atoms with E-state index in [4.69, 9.17) is 0 Å². The summed E-state index contributed by atoms with van der Waals surface area (Å²) in [5.41, 5.74) is -1.11. The minimum Gasteiger partial charge on any atom is -0.477 e. The van der Waals surface area contributed by atoms with Gasteiger partial charge in [-0.2, -0.15) is 0 Å². The van der Waals surface area contributed by atoms with E-state index in [0.717, 1.165) is 77.2 Å². The van der Waals surface area contributed by atoms with Crippen molar-refractivity contribution >= 4 is 16.9 Å². The molecule has 8 nitrogen and oxygen atoms in total. The third-order valence-corrected chi connectivity index (χ3v) is 11.9. The topological polar surface area (TPSA) is 107 Å². The molecule has 4 fully saturated rings. The quantitative estimate of drug-likeness (QED) is 0.217. The number of carbonyl (C=O) groups is 1. The van der Waals surface area contributed by atoms with E-state index in [1.807, 2.05) is 6.92 Å². The highest BCUT2D eigenvalue weighted by Crippen LogP contribution is 2.48. The largest absolute Gasteiger partial charge is 0.477 e. The highest BCUT2D eigenvalue weighted by molar-refractivity contribution is 5.93. The van der Waals surface area contributed by atoms with Crippen LogP contribution in [0.1, 0.15) is 99.9 Å². The average Bonchev–Trinajstić information content (AvgIpc) is 3.66. The molecule has 6 rings (SSSR count). The van der Waals surface area contributed by atoms with Crippen LogP contribution in [0, 0.1) is 29.4 Å². The van der Waals surface area contributed by atoms with Gasteiger partial charge in [-0.1, -0.05) is 32.6 Å². The molecule has 1 aromatic heterocycles. The van der Waals surface area contributed by atoms with Crippen molar-refractivity contribution in [2.24, 2.45) is 17.8 Å². The monoisotopic (exact) mass is 627 g/mol. The molecule has 4 saturated heterocycles. The summed E-state index contributed by atoms with van der Waals surface area (Å²) < 4.78 is 32.6. The number of carboxylic acids is 1. The van der Waals surface area contributed by atoms with Crippen molar-refractivity contribution in [3.05, 3.63) is 45.2 Å². The Morgan fingerprint density at radius 1 is 1.00 bits per heavy atom. The van der Waals surface area contributed by atoms with Crippen molar-refractivity contribution in [2.45, 2.75) is 102 Å². The maximum absolute atomic E-state index is 15.9. The number of nitrogens with zero attached hydrogens (tertiary/aromatic N) is 1. The molecule has 5 heterocycles. The van der Waals surface area contributed by atoms with Gasteiger partial charge in [0.15, 0.2) is 5.82 Å². The van der Waals surface area contributed by atoms with E-state index in [0.29, 0.717) is 24.2 Å². The number of benzene rings is 1. The summed E-state index contributed by atoms with van der Waals surface area (Å²) in [6, 6.07) is 1.03. The van der Waals surface area contributed by atoms with Crippen LogP contribution in [-0.4, -0.2) is 66.0 Å². The highest BCUT2D eigenvalue weighted by atomic mass is 19.1. The summed E-state index contributed by atoms with van der Waals surface area (Å²) in [6.45, 7) is 10.3. The fourth-order valence-corrected chi connectivity index (χ4v) is 9.72. The Morgan fingerprint density at radius 3 is 2.18 bits per heavy atom. The standard InChI is InChI=1S/C35H51F2N5O3/c1-3-42-19-26(33(44)45)32(43)25-16-27(36)29(30(37)31(25)42)22(2)10-6-4-5-7-13-28(34-20-38-17-23(34)11-8-14-40-34)35-21-39-18-24(35)12-9-15-41-35/h16,19,22-24,28,38-41H,3-15,17-18,20-21H2,1-2H3,(H,44,45). The number of halogens is 2. The molecule has 5 atom stereocenters. The molecule has 0 aliphatic carbocycles. The van der Waals surface area contributed by atoms with Crippen LogP contribution < -0.4 is 26.7 Å². The lowest BCUT2D eigenvalue weighted by Crippen LogP contribution is -2.72. The summed E-state index contributed by atoms with van der Waals surface area (Å²) in [7, 11) is 0. The number of aromatic nitrogens is 1. The highest BCUT2D eigenvalue weighted by Gasteiger charge is 2.60. The fourth-order valence-electron chi connectivity index (χ4n) is 9.72.